The highest BCUT2D eigenvalue weighted by Crippen LogP contribution is 2.24. The largest absolute Gasteiger partial charge is 0.491 e. The SMILES string of the molecule is NCC1CCCC1NC(=O)CCCOc1ccc(F)cc1F. The summed E-state index contributed by atoms with van der Waals surface area (Å²) in [7, 11) is 0. The quantitative estimate of drug-likeness (QED) is 0.760. The number of carbonyl (C=O) groups excluding carboxylic acids is 1. The predicted octanol–water partition coefficient (Wildman–Crippen LogP) is 2.37. The van der Waals surface area contributed by atoms with Gasteiger partial charge in [-0.25, -0.2) is 8.78 Å². The molecule has 2 unspecified atom stereocenters. The second-order valence-corrected chi connectivity index (χ2v) is 5.63. The lowest BCUT2D eigenvalue weighted by Crippen LogP contribution is -2.39. The Morgan fingerprint density at radius 2 is 2.18 bits per heavy atom. The summed E-state index contributed by atoms with van der Waals surface area (Å²) in [4.78, 5) is 11.9. The van der Waals surface area contributed by atoms with E-state index in [1.807, 2.05) is 0 Å². The van der Waals surface area contributed by atoms with Gasteiger partial charge in [0.25, 0.3) is 0 Å². The van der Waals surface area contributed by atoms with Gasteiger partial charge in [-0.2, -0.15) is 0 Å². The van der Waals surface area contributed by atoms with Crippen LogP contribution in [0.3, 0.4) is 0 Å². The van der Waals surface area contributed by atoms with Crippen molar-refractivity contribution in [1.29, 1.82) is 0 Å². The number of carbonyl (C=O) groups is 1. The van der Waals surface area contributed by atoms with E-state index in [2.05, 4.69) is 5.32 Å². The van der Waals surface area contributed by atoms with Crippen LogP contribution in [0.25, 0.3) is 0 Å². The van der Waals surface area contributed by atoms with Crippen LogP contribution in [-0.2, 0) is 4.79 Å². The standard InChI is InChI=1S/C16H22F2N2O2/c17-12-6-7-15(13(18)9-12)22-8-2-5-16(21)20-14-4-1-3-11(14)10-19/h6-7,9,11,14H,1-5,8,10,19H2,(H,20,21). The molecule has 0 bridgehead atoms. The lowest BCUT2D eigenvalue weighted by molar-refractivity contribution is -0.122. The Morgan fingerprint density at radius 3 is 2.91 bits per heavy atom. The minimum Gasteiger partial charge on any atom is -0.491 e. The molecule has 2 atom stereocenters. The van der Waals surface area contributed by atoms with Crippen molar-refractivity contribution in [3.05, 3.63) is 29.8 Å². The van der Waals surface area contributed by atoms with Crippen LogP contribution in [0.15, 0.2) is 18.2 Å². The van der Waals surface area contributed by atoms with Gasteiger partial charge in [-0.05, 0) is 43.9 Å². The number of benzene rings is 1. The molecule has 1 amide bonds. The van der Waals surface area contributed by atoms with E-state index >= 15 is 0 Å². The number of halogens is 2. The van der Waals surface area contributed by atoms with Gasteiger partial charge >= 0.3 is 0 Å². The summed E-state index contributed by atoms with van der Waals surface area (Å²) in [6.07, 6.45) is 3.93. The molecule has 122 valence electrons. The number of hydrogen-bond donors (Lipinski definition) is 2. The fraction of sp³-hybridized carbons (Fsp3) is 0.562. The molecule has 0 radical (unpaired) electrons. The van der Waals surface area contributed by atoms with E-state index in [1.54, 1.807) is 0 Å². The van der Waals surface area contributed by atoms with Gasteiger partial charge in [0.15, 0.2) is 11.6 Å². The van der Waals surface area contributed by atoms with Crippen molar-refractivity contribution in [3.63, 3.8) is 0 Å². The summed E-state index contributed by atoms with van der Waals surface area (Å²) in [5.74, 6) is -1.04. The number of rotatable bonds is 7. The third kappa shape index (κ3) is 4.66. The monoisotopic (exact) mass is 312 g/mol. The lowest BCUT2D eigenvalue weighted by Gasteiger charge is -2.19. The Hall–Kier alpha value is -1.69. The van der Waals surface area contributed by atoms with Crippen LogP contribution in [0.4, 0.5) is 8.78 Å². The summed E-state index contributed by atoms with van der Waals surface area (Å²) < 4.78 is 31.3. The van der Waals surface area contributed by atoms with Crippen molar-refractivity contribution in [2.45, 2.75) is 38.1 Å². The van der Waals surface area contributed by atoms with E-state index in [9.17, 15) is 13.6 Å². The Morgan fingerprint density at radius 1 is 1.36 bits per heavy atom. The molecule has 1 aromatic rings. The van der Waals surface area contributed by atoms with Gasteiger partial charge < -0.3 is 15.8 Å². The summed E-state index contributed by atoms with van der Waals surface area (Å²) in [5.41, 5.74) is 5.68. The average Bonchev–Trinajstić information content (AvgIpc) is 2.92. The molecule has 0 aromatic heterocycles. The van der Waals surface area contributed by atoms with Crippen LogP contribution < -0.4 is 15.8 Å². The maximum absolute atomic E-state index is 13.3. The van der Waals surface area contributed by atoms with Crippen molar-refractivity contribution < 1.29 is 18.3 Å². The highest BCUT2D eigenvalue weighted by atomic mass is 19.1. The number of ether oxygens (including phenoxy) is 1. The molecule has 0 heterocycles. The number of nitrogens with two attached hydrogens (primary N) is 1. The molecule has 1 aliphatic rings. The molecule has 4 nitrogen and oxygen atoms in total. The smallest absolute Gasteiger partial charge is 0.220 e. The maximum Gasteiger partial charge on any atom is 0.220 e. The molecule has 0 spiro atoms. The molecule has 2 rings (SSSR count). The molecule has 22 heavy (non-hydrogen) atoms. The van der Waals surface area contributed by atoms with Crippen molar-refractivity contribution in [3.8, 4) is 5.75 Å². The van der Waals surface area contributed by atoms with Crippen molar-refractivity contribution in [2.24, 2.45) is 11.7 Å². The van der Waals surface area contributed by atoms with Crippen molar-refractivity contribution in [2.75, 3.05) is 13.2 Å². The van der Waals surface area contributed by atoms with Crippen LogP contribution in [-0.4, -0.2) is 25.1 Å². The number of hydrogen-bond acceptors (Lipinski definition) is 3. The summed E-state index contributed by atoms with van der Waals surface area (Å²) in [6.45, 7) is 0.804. The van der Waals surface area contributed by atoms with Gasteiger partial charge in [0.05, 0.1) is 6.61 Å². The zero-order valence-corrected chi connectivity index (χ0v) is 12.5. The molecule has 0 aliphatic heterocycles. The maximum atomic E-state index is 13.3. The van der Waals surface area contributed by atoms with Crippen LogP contribution in [0, 0.1) is 17.6 Å². The van der Waals surface area contributed by atoms with Gasteiger partial charge in [0.1, 0.15) is 5.82 Å². The fourth-order valence-corrected chi connectivity index (χ4v) is 2.80. The molecule has 1 saturated carbocycles. The Balaban J connectivity index is 1.67. The summed E-state index contributed by atoms with van der Waals surface area (Å²) in [5, 5.41) is 3.00. The normalized spacial score (nSPS) is 20.9. The van der Waals surface area contributed by atoms with Gasteiger partial charge in [-0.15, -0.1) is 0 Å². The average molecular weight is 312 g/mol. The molecular weight excluding hydrogens is 290 g/mol. The third-order valence-electron chi connectivity index (χ3n) is 4.01. The molecule has 0 saturated heterocycles. The minimum atomic E-state index is -0.735. The highest BCUT2D eigenvalue weighted by molar-refractivity contribution is 5.76. The van der Waals surface area contributed by atoms with Gasteiger partial charge in [-0.1, -0.05) is 6.42 Å². The van der Waals surface area contributed by atoms with Crippen LogP contribution in [0.5, 0.6) is 5.75 Å². The zero-order valence-electron chi connectivity index (χ0n) is 12.5. The zero-order chi connectivity index (χ0) is 15.9. The first-order chi connectivity index (χ1) is 10.6. The molecule has 3 N–H and O–H groups in total. The number of amides is 1. The van der Waals surface area contributed by atoms with Gasteiger partial charge in [-0.3, -0.25) is 4.79 Å². The van der Waals surface area contributed by atoms with Crippen molar-refractivity contribution in [1.82, 2.24) is 5.32 Å². The first kappa shape index (κ1) is 16.7. The van der Waals surface area contributed by atoms with Crippen LogP contribution in [0.1, 0.15) is 32.1 Å². The second-order valence-electron chi connectivity index (χ2n) is 5.63. The van der Waals surface area contributed by atoms with Gasteiger partial charge in [0, 0.05) is 18.5 Å². The highest BCUT2D eigenvalue weighted by Gasteiger charge is 2.26. The van der Waals surface area contributed by atoms with E-state index < -0.39 is 11.6 Å². The summed E-state index contributed by atoms with van der Waals surface area (Å²) >= 11 is 0. The van der Waals surface area contributed by atoms with Crippen LogP contribution >= 0.6 is 0 Å². The Kier molecular flexibility index (Phi) is 6.12. The first-order valence-corrected chi connectivity index (χ1v) is 7.67. The lowest BCUT2D eigenvalue weighted by atomic mass is 10.0. The fourth-order valence-electron chi connectivity index (χ4n) is 2.80. The van der Waals surface area contributed by atoms with E-state index in [0.717, 1.165) is 31.4 Å². The minimum absolute atomic E-state index is 0.000738. The topological polar surface area (TPSA) is 64.3 Å². The van der Waals surface area contributed by atoms with Crippen molar-refractivity contribution >= 4 is 5.91 Å². The Labute approximate surface area is 129 Å². The molecule has 6 heteroatoms. The molecule has 1 fully saturated rings. The van der Waals surface area contributed by atoms with Gasteiger partial charge in [0.2, 0.25) is 5.91 Å². The van der Waals surface area contributed by atoms with Crippen LogP contribution in [0.2, 0.25) is 0 Å². The van der Waals surface area contributed by atoms with E-state index in [0.29, 0.717) is 25.3 Å². The van der Waals surface area contributed by atoms with E-state index in [4.69, 9.17) is 10.5 Å². The molecule has 1 aromatic carbocycles. The molecular formula is C16H22F2N2O2. The molecule has 1 aliphatic carbocycles. The number of nitrogens with one attached hydrogen (secondary N) is 1. The van der Waals surface area contributed by atoms with E-state index in [-0.39, 0.29) is 24.3 Å². The van der Waals surface area contributed by atoms with E-state index in [1.165, 1.54) is 6.07 Å². The summed E-state index contributed by atoms with van der Waals surface area (Å²) in [6, 6.07) is 3.33. The third-order valence-corrected chi connectivity index (χ3v) is 4.01. The first-order valence-electron chi connectivity index (χ1n) is 7.67. The second kappa shape index (κ2) is 8.08. The predicted molar refractivity (Wildman–Crippen MR) is 79.4 cm³/mol. The Bertz CT molecular complexity index is 511.